The topological polar surface area (TPSA) is 47.6 Å². The molecule has 0 aliphatic carbocycles. The van der Waals surface area contributed by atoms with Gasteiger partial charge in [0, 0.05) is 0 Å². The fourth-order valence-corrected chi connectivity index (χ4v) is 2.81. The van der Waals surface area contributed by atoms with Gasteiger partial charge in [0.1, 0.15) is 17.7 Å². The fourth-order valence-electron chi connectivity index (χ4n) is 2.46. The average Bonchev–Trinajstić information content (AvgIpc) is 3.15. The van der Waals surface area contributed by atoms with Crippen molar-refractivity contribution in [2.45, 2.75) is 26.4 Å². The van der Waals surface area contributed by atoms with Crippen molar-refractivity contribution >= 4 is 11.6 Å². The Morgan fingerprint density at radius 3 is 2.68 bits per heavy atom. The van der Waals surface area contributed by atoms with E-state index in [-0.39, 0.29) is 6.04 Å². The zero-order valence-electron chi connectivity index (χ0n) is 12.7. The first-order valence-corrected chi connectivity index (χ1v) is 7.70. The van der Waals surface area contributed by atoms with Crippen molar-refractivity contribution in [2.75, 3.05) is 0 Å². The Balaban J connectivity index is 1.79. The molecule has 4 nitrogen and oxygen atoms in total. The monoisotopic (exact) mass is 316 g/mol. The van der Waals surface area contributed by atoms with E-state index < -0.39 is 0 Å². The summed E-state index contributed by atoms with van der Waals surface area (Å²) in [4.78, 5) is 0. The molecule has 0 radical (unpaired) electrons. The van der Waals surface area contributed by atoms with Crippen LogP contribution >= 0.6 is 11.6 Å². The van der Waals surface area contributed by atoms with Gasteiger partial charge in [-0.3, -0.25) is 0 Å². The number of aryl methyl sites for hydroxylation is 1. The lowest BCUT2D eigenvalue weighted by Gasteiger charge is -2.08. The minimum absolute atomic E-state index is 0.241. The van der Waals surface area contributed by atoms with Gasteiger partial charge in [0.2, 0.25) is 0 Å². The smallest absolute Gasteiger partial charge is 0.160 e. The van der Waals surface area contributed by atoms with Gasteiger partial charge in [0.25, 0.3) is 0 Å². The largest absolute Gasteiger partial charge is 0.463 e. The van der Waals surface area contributed by atoms with Crippen LogP contribution in [0.5, 0.6) is 0 Å². The first-order chi connectivity index (χ1) is 10.7. The molecule has 0 saturated carbocycles. The number of rotatable bonds is 5. The molecule has 2 N–H and O–H groups in total. The number of halogens is 1. The molecule has 3 aromatic rings. The molecule has 5 heteroatoms. The zero-order chi connectivity index (χ0) is 15.5. The third-order valence-electron chi connectivity index (χ3n) is 3.79. The summed E-state index contributed by atoms with van der Waals surface area (Å²) in [7, 11) is 0. The highest BCUT2D eigenvalue weighted by molar-refractivity contribution is 6.30. The summed E-state index contributed by atoms with van der Waals surface area (Å²) >= 11 is 6.53. The van der Waals surface area contributed by atoms with Crippen LogP contribution in [-0.2, 0) is 6.54 Å². The standard InChI is InChI=1S/C17H18ClN3O/c1-12-15(11-19-13(2)16-9-6-10-22-16)17(18)21(20-12)14-7-4-3-5-8-14/h3-10,13,19H,11H2,1-2H3/p+1/t13-/m1/s1. The summed E-state index contributed by atoms with van der Waals surface area (Å²) in [6.45, 7) is 4.87. The van der Waals surface area contributed by atoms with E-state index in [1.807, 2.05) is 49.4 Å². The van der Waals surface area contributed by atoms with Crippen LogP contribution in [0.4, 0.5) is 0 Å². The van der Waals surface area contributed by atoms with Crippen LogP contribution in [-0.4, -0.2) is 9.78 Å². The van der Waals surface area contributed by atoms with Crippen LogP contribution in [0, 0.1) is 6.92 Å². The van der Waals surface area contributed by atoms with Crippen LogP contribution in [0.3, 0.4) is 0 Å². The molecule has 0 spiro atoms. The minimum atomic E-state index is 0.241. The third kappa shape index (κ3) is 2.93. The number of hydrogen-bond acceptors (Lipinski definition) is 2. The van der Waals surface area contributed by atoms with Gasteiger partial charge >= 0.3 is 0 Å². The lowest BCUT2D eigenvalue weighted by molar-refractivity contribution is -0.709. The van der Waals surface area contributed by atoms with E-state index in [1.165, 1.54) is 0 Å². The number of aromatic nitrogens is 2. The van der Waals surface area contributed by atoms with E-state index in [4.69, 9.17) is 16.0 Å². The second-order valence-corrected chi connectivity index (χ2v) is 5.70. The van der Waals surface area contributed by atoms with Crippen molar-refractivity contribution in [1.29, 1.82) is 0 Å². The van der Waals surface area contributed by atoms with Crippen LogP contribution in [0.2, 0.25) is 5.15 Å². The van der Waals surface area contributed by atoms with Gasteiger partial charge in [0.15, 0.2) is 5.76 Å². The number of para-hydroxylation sites is 1. The molecule has 3 rings (SSSR count). The molecule has 0 amide bonds. The number of benzene rings is 1. The molecular weight excluding hydrogens is 298 g/mol. The molecule has 0 saturated heterocycles. The summed E-state index contributed by atoms with van der Waals surface area (Å²) in [5, 5.41) is 7.43. The quantitative estimate of drug-likeness (QED) is 0.785. The Bertz CT molecular complexity index is 735. The van der Waals surface area contributed by atoms with Gasteiger partial charge in [-0.05, 0) is 38.1 Å². The Morgan fingerprint density at radius 1 is 1.23 bits per heavy atom. The Hall–Kier alpha value is -2.04. The number of quaternary nitrogens is 1. The van der Waals surface area contributed by atoms with E-state index in [2.05, 4.69) is 17.3 Å². The molecule has 0 aliphatic rings. The Morgan fingerprint density at radius 2 is 2.00 bits per heavy atom. The molecule has 114 valence electrons. The molecular formula is C17H19ClN3O+. The number of hydrogen-bond donors (Lipinski definition) is 1. The molecule has 2 heterocycles. The van der Waals surface area contributed by atoms with Crippen molar-refractivity contribution in [3.05, 3.63) is 70.9 Å². The van der Waals surface area contributed by atoms with Gasteiger partial charge < -0.3 is 9.73 Å². The molecule has 1 atom stereocenters. The van der Waals surface area contributed by atoms with Gasteiger partial charge in [0.05, 0.1) is 23.2 Å². The summed E-state index contributed by atoms with van der Waals surface area (Å²) in [5.74, 6) is 0.962. The number of furan rings is 1. The highest BCUT2D eigenvalue weighted by Crippen LogP contribution is 2.22. The second kappa shape index (κ2) is 6.38. The third-order valence-corrected chi connectivity index (χ3v) is 4.18. The Kier molecular flexibility index (Phi) is 4.32. The number of nitrogens with two attached hydrogens (primary N) is 1. The molecule has 0 aliphatic heterocycles. The van der Waals surface area contributed by atoms with Crippen LogP contribution in [0.25, 0.3) is 5.69 Å². The van der Waals surface area contributed by atoms with Crippen molar-refractivity contribution in [3.8, 4) is 5.69 Å². The first-order valence-electron chi connectivity index (χ1n) is 7.33. The van der Waals surface area contributed by atoms with Crippen molar-refractivity contribution in [3.63, 3.8) is 0 Å². The van der Waals surface area contributed by atoms with Gasteiger partial charge in [-0.2, -0.15) is 5.10 Å². The van der Waals surface area contributed by atoms with Crippen molar-refractivity contribution < 1.29 is 9.73 Å². The van der Waals surface area contributed by atoms with E-state index in [0.717, 1.165) is 29.2 Å². The van der Waals surface area contributed by atoms with E-state index in [1.54, 1.807) is 10.9 Å². The Labute approximate surface area is 134 Å². The minimum Gasteiger partial charge on any atom is -0.463 e. The normalized spacial score (nSPS) is 12.5. The predicted octanol–water partition coefficient (Wildman–Crippen LogP) is 3.25. The van der Waals surface area contributed by atoms with Crippen molar-refractivity contribution in [1.82, 2.24) is 9.78 Å². The van der Waals surface area contributed by atoms with Crippen LogP contribution < -0.4 is 5.32 Å². The highest BCUT2D eigenvalue weighted by atomic mass is 35.5. The van der Waals surface area contributed by atoms with Gasteiger partial charge in [-0.1, -0.05) is 29.8 Å². The maximum atomic E-state index is 6.53. The summed E-state index contributed by atoms with van der Waals surface area (Å²) in [6.07, 6.45) is 1.70. The second-order valence-electron chi connectivity index (χ2n) is 5.35. The van der Waals surface area contributed by atoms with E-state index in [0.29, 0.717) is 5.15 Å². The maximum absolute atomic E-state index is 6.53. The molecule has 2 aromatic heterocycles. The molecule has 0 fully saturated rings. The molecule has 0 bridgehead atoms. The number of nitrogens with zero attached hydrogens (tertiary/aromatic N) is 2. The molecule has 0 unspecified atom stereocenters. The SMILES string of the molecule is Cc1nn(-c2ccccc2)c(Cl)c1C[NH2+][C@H](C)c1ccco1. The lowest BCUT2D eigenvalue weighted by atomic mass is 10.2. The predicted molar refractivity (Wildman–Crippen MR) is 86.1 cm³/mol. The maximum Gasteiger partial charge on any atom is 0.160 e. The van der Waals surface area contributed by atoms with Gasteiger partial charge in [-0.25, -0.2) is 4.68 Å². The summed E-state index contributed by atoms with van der Waals surface area (Å²) in [6, 6.07) is 14.1. The zero-order valence-corrected chi connectivity index (χ0v) is 13.4. The van der Waals surface area contributed by atoms with Gasteiger partial charge in [-0.15, -0.1) is 0 Å². The molecule has 22 heavy (non-hydrogen) atoms. The van der Waals surface area contributed by atoms with Crippen LogP contribution in [0.15, 0.2) is 53.1 Å². The average molecular weight is 317 g/mol. The van der Waals surface area contributed by atoms with Crippen molar-refractivity contribution in [2.24, 2.45) is 0 Å². The highest BCUT2D eigenvalue weighted by Gasteiger charge is 2.18. The lowest BCUT2D eigenvalue weighted by Crippen LogP contribution is -2.83. The summed E-state index contributed by atoms with van der Waals surface area (Å²) in [5.41, 5.74) is 2.99. The van der Waals surface area contributed by atoms with E-state index in [9.17, 15) is 0 Å². The fraction of sp³-hybridized carbons (Fsp3) is 0.235. The summed E-state index contributed by atoms with van der Waals surface area (Å²) < 4.78 is 7.22. The molecule has 1 aromatic carbocycles. The van der Waals surface area contributed by atoms with Crippen LogP contribution in [0.1, 0.15) is 30.0 Å². The first kappa shape index (κ1) is 14.9. The van der Waals surface area contributed by atoms with E-state index >= 15 is 0 Å².